The van der Waals surface area contributed by atoms with E-state index >= 15 is 0 Å². The second-order valence-corrected chi connectivity index (χ2v) is 2.95. The predicted octanol–water partition coefficient (Wildman–Crippen LogP) is 3.41. The van der Waals surface area contributed by atoms with Gasteiger partial charge in [-0.1, -0.05) is 24.8 Å². The quantitative estimate of drug-likeness (QED) is 0.421. The molecule has 2 nitrogen and oxygen atoms in total. The second kappa shape index (κ2) is 8.71. The number of hydrogen-bond donors (Lipinski definition) is 0. The maximum atomic E-state index is 12.0. The van der Waals surface area contributed by atoms with Crippen LogP contribution in [0.1, 0.15) is 19.8 Å². The molecule has 0 aromatic carbocycles. The Balaban J connectivity index is 4.37. The first-order chi connectivity index (χ1) is 7.99. The lowest BCUT2D eigenvalue weighted by atomic mass is 10.3. The van der Waals surface area contributed by atoms with Crippen LogP contribution in [0.2, 0.25) is 0 Å². The van der Waals surface area contributed by atoms with Crippen LogP contribution in [0.25, 0.3) is 0 Å². The molecule has 0 bridgehead atoms. The molecular weight excluding hydrogens is 233 g/mol. The van der Waals surface area contributed by atoms with E-state index in [1.165, 1.54) is 19.4 Å². The van der Waals surface area contributed by atoms with Crippen LogP contribution >= 0.6 is 0 Å². The molecular formula is C12H15F3O2. The topological polar surface area (TPSA) is 18.5 Å². The van der Waals surface area contributed by atoms with Crippen LogP contribution in [0.5, 0.6) is 0 Å². The Morgan fingerprint density at radius 2 is 2.00 bits per heavy atom. The highest BCUT2D eigenvalue weighted by Gasteiger charge is 2.31. The Hall–Kier alpha value is -1.41. The van der Waals surface area contributed by atoms with Crippen molar-refractivity contribution in [1.82, 2.24) is 0 Å². The fourth-order valence-electron chi connectivity index (χ4n) is 0.883. The Morgan fingerprint density at radius 1 is 1.29 bits per heavy atom. The van der Waals surface area contributed by atoms with E-state index in [9.17, 15) is 13.2 Å². The molecule has 0 fully saturated rings. The Kier molecular flexibility index (Phi) is 7.99. The third-order valence-electron chi connectivity index (χ3n) is 1.50. The first kappa shape index (κ1) is 15.6. The summed E-state index contributed by atoms with van der Waals surface area (Å²) in [6.07, 6.45) is 0.883. The molecule has 0 spiro atoms. The molecule has 0 N–H and O–H groups in total. The lowest BCUT2D eigenvalue weighted by Crippen LogP contribution is -2.21. The van der Waals surface area contributed by atoms with Gasteiger partial charge in [0.1, 0.15) is 6.10 Å². The van der Waals surface area contributed by atoms with Crippen molar-refractivity contribution < 1.29 is 22.6 Å². The third-order valence-corrected chi connectivity index (χ3v) is 1.50. The molecule has 0 aromatic rings. The minimum atomic E-state index is -4.68. The summed E-state index contributed by atoms with van der Waals surface area (Å²) in [5, 5.41) is 0. The minimum Gasteiger partial charge on any atom is -0.505 e. The summed E-state index contributed by atoms with van der Waals surface area (Å²) in [6.45, 7) is 1.82. The number of methoxy groups -OCH3 is 1. The molecule has 0 heterocycles. The first-order valence-electron chi connectivity index (χ1n) is 5.07. The van der Waals surface area contributed by atoms with Gasteiger partial charge < -0.3 is 4.74 Å². The summed E-state index contributed by atoms with van der Waals surface area (Å²) < 4.78 is 44.5. The largest absolute Gasteiger partial charge is 0.524 e. The fourth-order valence-corrected chi connectivity index (χ4v) is 0.883. The summed E-state index contributed by atoms with van der Waals surface area (Å²) in [5.74, 6) is 4.94. The average molecular weight is 248 g/mol. The molecule has 1 unspecified atom stereocenters. The van der Waals surface area contributed by atoms with E-state index in [4.69, 9.17) is 0 Å². The molecule has 0 amide bonds. The molecule has 5 heteroatoms. The number of alkyl halides is 3. The molecule has 0 aliphatic heterocycles. The van der Waals surface area contributed by atoms with E-state index in [1.807, 2.05) is 6.92 Å². The average Bonchev–Trinajstić information content (AvgIpc) is 2.23. The standard InChI is InChI=1S/C12H15F3O2/c1-3-4-8-11(17-12(13,14)15)9-6-5-7-10-16-2/h4,7-8,10-11H,3,5H2,1-2H3/b8-4-,10-7+. The summed E-state index contributed by atoms with van der Waals surface area (Å²) in [5.41, 5.74) is 0. The molecule has 0 aliphatic carbocycles. The summed E-state index contributed by atoms with van der Waals surface area (Å²) in [7, 11) is 1.48. The van der Waals surface area contributed by atoms with Gasteiger partial charge in [0.2, 0.25) is 0 Å². The van der Waals surface area contributed by atoms with Gasteiger partial charge in [0.05, 0.1) is 13.4 Å². The van der Waals surface area contributed by atoms with Crippen molar-refractivity contribution >= 4 is 0 Å². The van der Waals surface area contributed by atoms with Crippen LogP contribution in [0.15, 0.2) is 24.5 Å². The van der Waals surface area contributed by atoms with Crippen molar-refractivity contribution in [3.05, 3.63) is 24.5 Å². The molecule has 0 saturated carbocycles. The maximum Gasteiger partial charge on any atom is 0.524 e. The van der Waals surface area contributed by atoms with Crippen LogP contribution in [-0.2, 0) is 9.47 Å². The molecule has 0 radical (unpaired) electrons. The zero-order chi connectivity index (χ0) is 13.1. The SMILES string of the molecule is CC/C=C\C(C#CC/C=C/OC)OC(F)(F)F. The van der Waals surface area contributed by atoms with Gasteiger partial charge in [-0.3, -0.25) is 4.74 Å². The van der Waals surface area contributed by atoms with E-state index in [0.29, 0.717) is 12.8 Å². The zero-order valence-corrected chi connectivity index (χ0v) is 9.75. The monoisotopic (exact) mass is 248 g/mol. The number of allylic oxidation sites excluding steroid dienone is 2. The fraction of sp³-hybridized carbons (Fsp3) is 0.500. The number of halogens is 3. The second-order valence-electron chi connectivity index (χ2n) is 2.95. The molecule has 17 heavy (non-hydrogen) atoms. The third kappa shape index (κ3) is 10.9. The van der Waals surface area contributed by atoms with Gasteiger partial charge in [0.25, 0.3) is 0 Å². The molecule has 0 saturated heterocycles. The Morgan fingerprint density at radius 3 is 2.53 bits per heavy atom. The van der Waals surface area contributed by atoms with Crippen molar-refractivity contribution in [3.8, 4) is 11.8 Å². The predicted molar refractivity (Wildman–Crippen MR) is 58.9 cm³/mol. The smallest absolute Gasteiger partial charge is 0.505 e. The normalized spacial score (nSPS) is 13.7. The van der Waals surface area contributed by atoms with E-state index < -0.39 is 12.5 Å². The van der Waals surface area contributed by atoms with Crippen molar-refractivity contribution in [1.29, 1.82) is 0 Å². The molecule has 0 aromatic heterocycles. The molecule has 96 valence electrons. The van der Waals surface area contributed by atoms with E-state index in [0.717, 1.165) is 0 Å². The summed E-state index contributed by atoms with van der Waals surface area (Å²) >= 11 is 0. The minimum absolute atomic E-state index is 0.311. The van der Waals surface area contributed by atoms with Crippen molar-refractivity contribution in [3.63, 3.8) is 0 Å². The van der Waals surface area contributed by atoms with Crippen LogP contribution in [0.3, 0.4) is 0 Å². The Labute approximate surface area is 99.1 Å². The van der Waals surface area contributed by atoms with E-state index in [1.54, 1.807) is 12.2 Å². The van der Waals surface area contributed by atoms with Gasteiger partial charge in [-0.05, 0) is 18.6 Å². The van der Waals surface area contributed by atoms with Crippen molar-refractivity contribution in [2.45, 2.75) is 32.2 Å². The van der Waals surface area contributed by atoms with Crippen LogP contribution in [0.4, 0.5) is 13.2 Å². The summed E-state index contributed by atoms with van der Waals surface area (Å²) in [6, 6.07) is 0. The highest BCUT2D eigenvalue weighted by atomic mass is 19.4. The van der Waals surface area contributed by atoms with Gasteiger partial charge in [-0.2, -0.15) is 0 Å². The number of ether oxygens (including phenoxy) is 2. The van der Waals surface area contributed by atoms with Gasteiger partial charge in [-0.15, -0.1) is 13.2 Å². The molecule has 0 aliphatic rings. The van der Waals surface area contributed by atoms with Gasteiger partial charge in [-0.25, -0.2) is 0 Å². The summed E-state index contributed by atoms with van der Waals surface area (Å²) in [4.78, 5) is 0. The van der Waals surface area contributed by atoms with Gasteiger partial charge >= 0.3 is 6.36 Å². The number of rotatable bonds is 5. The van der Waals surface area contributed by atoms with E-state index in [-0.39, 0.29) is 0 Å². The van der Waals surface area contributed by atoms with Crippen molar-refractivity contribution in [2.24, 2.45) is 0 Å². The van der Waals surface area contributed by atoms with Crippen LogP contribution in [-0.4, -0.2) is 19.6 Å². The van der Waals surface area contributed by atoms with Gasteiger partial charge in [0.15, 0.2) is 0 Å². The van der Waals surface area contributed by atoms with Crippen LogP contribution < -0.4 is 0 Å². The van der Waals surface area contributed by atoms with E-state index in [2.05, 4.69) is 21.3 Å². The van der Waals surface area contributed by atoms with Gasteiger partial charge in [0, 0.05) is 6.42 Å². The molecule has 1 atom stereocenters. The highest BCUT2D eigenvalue weighted by molar-refractivity contribution is 5.14. The highest BCUT2D eigenvalue weighted by Crippen LogP contribution is 2.19. The zero-order valence-electron chi connectivity index (χ0n) is 9.75. The Bertz CT molecular complexity index is 308. The lowest BCUT2D eigenvalue weighted by molar-refractivity contribution is -0.329. The van der Waals surface area contributed by atoms with Crippen molar-refractivity contribution in [2.75, 3.05) is 7.11 Å². The first-order valence-corrected chi connectivity index (χ1v) is 5.07. The van der Waals surface area contributed by atoms with Crippen LogP contribution in [0, 0.1) is 11.8 Å². The maximum absolute atomic E-state index is 12.0. The number of hydrogen-bond acceptors (Lipinski definition) is 2. The lowest BCUT2D eigenvalue weighted by Gasteiger charge is -2.10. The molecule has 0 rings (SSSR count).